The van der Waals surface area contributed by atoms with Crippen LogP contribution in [0.4, 0.5) is 0 Å². The van der Waals surface area contributed by atoms with Crippen molar-refractivity contribution in [1.82, 2.24) is 0 Å². The third kappa shape index (κ3) is 11.8. The van der Waals surface area contributed by atoms with Crippen LogP contribution < -0.4 is 0 Å². The highest BCUT2D eigenvalue weighted by molar-refractivity contribution is 4.82. The van der Waals surface area contributed by atoms with Crippen LogP contribution in [0.25, 0.3) is 0 Å². The van der Waals surface area contributed by atoms with Crippen molar-refractivity contribution in [3.05, 3.63) is 12.2 Å². The summed E-state index contributed by atoms with van der Waals surface area (Å²) < 4.78 is 0. The minimum atomic E-state index is -0.113. The van der Waals surface area contributed by atoms with Crippen molar-refractivity contribution in [1.29, 1.82) is 0 Å². The summed E-state index contributed by atoms with van der Waals surface area (Å²) in [7, 11) is 0. The second-order valence-corrected chi connectivity index (χ2v) is 4.68. The summed E-state index contributed by atoms with van der Waals surface area (Å²) in [5, 5.41) is 9.67. The van der Waals surface area contributed by atoms with Crippen molar-refractivity contribution in [2.45, 2.75) is 84.2 Å². The number of allylic oxidation sites excluding steroid dienone is 1. The van der Waals surface area contributed by atoms with E-state index < -0.39 is 0 Å². The van der Waals surface area contributed by atoms with Crippen molar-refractivity contribution in [3.63, 3.8) is 0 Å². The third-order valence-corrected chi connectivity index (χ3v) is 2.95. The van der Waals surface area contributed by atoms with Gasteiger partial charge in [-0.3, -0.25) is 0 Å². The quantitative estimate of drug-likeness (QED) is 0.394. The molecule has 16 heavy (non-hydrogen) atoms. The van der Waals surface area contributed by atoms with Gasteiger partial charge in [-0.25, -0.2) is 0 Å². The Morgan fingerprint density at radius 3 is 2.12 bits per heavy atom. The molecule has 0 aromatic carbocycles. The van der Waals surface area contributed by atoms with Gasteiger partial charge < -0.3 is 5.11 Å². The molecule has 0 aromatic heterocycles. The molecule has 0 bridgehead atoms. The second-order valence-electron chi connectivity index (χ2n) is 4.68. The highest BCUT2D eigenvalue weighted by Gasteiger charge is 2.00. The lowest BCUT2D eigenvalue weighted by molar-refractivity contribution is 0.163. The van der Waals surface area contributed by atoms with E-state index in [1.807, 2.05) is 0 Å². The third-order valence-electron chi connectivity index (χ3n) is 2.95. The predicted molar refractivity (Wildman–Crippen MR) is 72.7 cm³/mol. The van der Waals surface area contributed by atoms with Gasteiger partial charge in [-0.1, -0.05) is 70.9 Å². The molecule has 96 valence electrons. The molecule has 0 rings (SSSR count). The monoisotopic (exact) mass is 226 g/mol. The smallest absolute Gasteiger partial charge is 0.0574 e. The van der Waals surface area contributed by atoms with Crippen LogP contribution in [0.1, 0.15) is 78.1 Å². The van der Waals surface area contributed by atoms with E-state index in [2.05, 4.69) is 26.0 Å². The van der Waals surface area contributed by atoms with Gasteiger partial charge >= 0.3 is 0 Å². The van der Waals surface area contributed by atoms with E-state index in [-0.39, 0.29) is 6.10 Å². The predicted octanol–water partition coefficient (Wildman–Crippen LogP) is 4.84. The molecule has 0 saturated heterocycles. The van der Waals surface area contributed by atoms with Crippen LogP contribution in [0.15, 0.2) is 12.2 Å². The van der Waals surface area contributed by atoms with E-state index in [0.29, 0.717) is 0 Å². The highest BCUT2D eigenvalue weighted by atomic mass is 16.3. The number of rotatable bonds is 11. The lowest BCUT2D eigenvalue weighted by Crippen LogP contribution is -2.04. The van der Waals surface area contributed by atoms with E-state index in [1.54, 1.807) is 0 Å². The van der Waals surface area contributed by atoms with Crippen molar-refractivity contribution in [2.75, 3.05) is 0 Å². The first kappa shape index (κ1) is 15.7. The molecular weight excluding hydrogens is 196 g/mol. The maximum absolute atomic E-state index is 9.67. The van der Waals surface area contributed by atoms with Gasteiger partial charge in [0.2, 0.25) is 0 Å². The normalized spacial score (nSPS) is 13.4. The molecule has 1 nitrogen and oxygen atoms in total. The molecule has 0 aromatic rings. The first-order chi connectivity index (χ1) is 7.81. The Morgan fingerprint density at radius 2 is 1.50 bits per heavy atom. The summed E-state index contributed by atoms with van der Waals surface area (Å²) in [6.45, 7) is 4.37. The molecule has 0 amide bonds. The molecule has 0 radical (unpaired) electrons. The number of hydrogen-bond acceptors (Lipinski definition) is 1. The zero-order valence-electron chi connectivity index (χ0n) is 11.3. The molecule has 1 unspecified atom stereocenters. The molecule has 0 aliphatic heterocycles. The maximum atomic E-state index is 9.67. The van der Waals surface area contributed by atoms with Gasteiger partial charge in [0.15, 0.2) is 0 Å². The van der Waals surface area contributed by atoms with Gasteiger partial charge in [0.05, 0.1) is 6.10 Å². The van der Waals surface area contributed by atoms with Crippen LogP contribution in [-0.4, -0.2) is 11.2 Å². The van der Waals surface area contributed by atoms with Gasteiger partial charge in [0.1, 0.15) is 0 Å². The second kappa shape index (κ2) is 12.8. The van der Waals surface area contributed by atoms with E-state index in [4.69, 9.17) is 0 Å². The van der Waals surface area contributed by atoms with Gasteiger partial charge in [0, 0.05) is 0 Å². The van der Waals surface area contributed by atoms with E-state index in [1.165, 1.54) is 44.9 Å². The number of hydrogen-bond donors (Lipinski definition) is 1. The molecule has 1 atom stereocenters. The average molecular weight is 226 g/mol. The Kier molecular flexibility index (Phi) is 12.5. The number of aliphatic hydroxyl groups is 1. The Morgan fingerprint density at radius 1 is 0.875 bits per heavy atom. The van der Waals surface area contributed by atoms with Crippen LogP contribution >= 0.6 is 0 Å². The minimum Gasteiger partial charge on any atom is -0.393 e. The Labute approximate surface area is 102 Å². The fraction of sp³-hybridized carbons (Fsp3) is 0.867. The van der Waals surface area contributed by atoms with Crippen LogP contribution in [0.3, 0.4) is 0 Å². The van der Waals surface area contributed by atoms with Crippen molar-refractivity contribution in [2.24, 2.45) is 0 Å². The molecule has 0 saturated carbocycles. The van der Waals surface area contributed by atoms with Crippen molar-refractivity contribution in [3.8, 4) is 0 Å². The van der Waals surface area contributed by atoms with Crippen LogP contribution in [0, 0.1) is 0 Å². The molecule has 1 heteroatoms. The van der Waals surface area contributed by atoms with Crippen LogP contribution in [-0.2, 0) is 0 Å². The van der Waals surface area contributed by atoms with E-state index in [9.17, 15) is 5.11 Å². The minimum absolute atomic E-state index is 0.113. The zero-order valence-corrected chi connectivity index (χ0v) is 11.3. The number of aliphatic hydroxyl groups excluding tert-OH is 1. The fourth-order valence-electron chi connectivity index (χ4n) is 1.87. The number of unbranched alkanes of at least 4 members (excludes halogenated alkanes) is 6. The Bertz CT molecular complexity index is 152. The Balaban J connectivity index is 3.15. The summed E-state index contributed by atoms with van der Waals surface area (Å²) in [5.41, 5.74) is 0. The summed E-state index contributed by atoms with van der Waals surface area (Å²) in [6.07, 6.45) is 16.3. The first-order valence-corrected chi connectivity index (χ1v) is 7.14. The summed E-state index contributed by atoms with van der Waals surface area (Å²) in [6, 6.07) is 0. The molecule has 0 spiro atoms. The lowest BCUT2D eigenvalue weighted by Gasteiger charge is -2.07. The molecule has 0 heterocycles. The molecule has 0 fully saturated rings. The summed E-state index contributed by atoms with van der Waals surface area (Å²) in [5.74, 6) is 0. The SMILES string of the molecule is CCC=CCC(O)CCCCCCCCC. The van der Waals surface area contributed by atoms with Gasteiger partial charge in [-0.15, -0.1) is 0 Å². The maximum Gasteiger partial charge on any atom is 0.0574 e. The molecular formula is C15H30O. The largest absolute Gasteiger partial charge is 0.393 e. The van der Waals surface area contributed by atoms with E-state index >= 15 is 0 Å². The lowest BCUT2D eigenvalue weighted by atomic mass is 10.0. The van der Waals surface area contributed by atoms with Gasteiger partial charge in [-0.2, -0.15) is 0 Å². The molecule has 1 N–H and O–H groups in total. The fourth-order valence-corrected chi connectivity index (χ4v) is 1.87. The van der Waals surface area contributed by atoms with Crippen molar-refractivity contribution < 1.29 is 5.11 Å². The topological polar surface area (TPSA) is 20.2 Å². The summed E-state index contributed by atoms with van der Waals surface area (Å²) >= 11 is 0. The van der Waals surface area contributed by atoms with Crippen LogP contribution in [0.5, 0.6) is 0 Å². The van der Waals surface area contributed by atoms with Gasteiger partial charge in [0.25, 0.3) is 0 Å². The van der Waals surface area contributed by atoms with Gasteiger partial charge in [-0.05, 0) is 19.3 Å². The molecule has 0 aliphatic carbocycles. The first-order valence-electron chi connectivity index (χ1n) is 7.14. The van der Waals surface area contributed by atoms with Crippen molar-refractivity contribution >= 4 is 0 Å². The summed E-state index contributed by atoms with van der Waals surface area (Å²) in [4.78, 5) is 0. The molecule has 0 aliphatic rings. The standard InChI is InChI=1S/C15H30O/c1-3-5-7-8-9-10-12-14-15(16)13-11-6-4-2/h6,11,15-16H,3-5,7-10,12-14H2,1-2H3. The van der Waals surface area contributed by atoms with E-state index in [0.717, 1.165) is 19.3 Å². The highest BCUT2D eigenvalue weighted by Crippen LogP contribution is 2.11. The van der Waals surface area contributed by atoms with Crippen LogP contribution in [0.2, 0.25) is 0 Å². The zero-order chi connectivity index (χ0) is 12.1. The average Bonchev–Trinajstić information content (AvgIpc) is 2.28. The Hall–Kier alpha value is -0.300.